The highest BCUT2D eigenvalue weighted by molar-refractivity contribution is 5.20. The van der Waals surface area contributed by atoms with E-state index in [-0.39, 0.29) is 11.9 Å². The fourth-order valence-corrected chi connectivity index (χ4v) is 2.46. The third kappa shape index (κ3) is 3.53. The van der Waals surface area contributed by atoms with Crippen molar-refractivity contribution < 1.29 is 9.13 Å². The summed E-state index contributed by atoms with van der Waals surface area (Å²) in [6.45, 7) is 6.06. The van der Waals surface area contributed by atoms with Crippen LogP contribution in [0.15, 0.2) is 24.3 Å². The Morgan fingerprint density at radius 2 is 2.06 bits per heavy atom. The van der Waals surface area contributed by atoms with Crippen molar-refractivity contribution in [2.45, 2.75) is 38.8 Å². The van der Waals surface area contributed by atoms with Crippen molar-refractivity contribution in [3.05, 3.63) is 35.6 Å². The number of benzene rings is 1. The van der Waals surface area contributed by atoms with Crippen molar-refractivity contribution in [2.24, 2.45) is 5.92 Å². The van der Waals surface area contributed by atoms with Crippen molar-refractivity contribution in [1.82, 2.24) is 5.32 Å². The third-order valence-electron chi connectivity index (χ3n) is 3.43. The van der Waals surface area contributed by atoms with Crippen LogP contribution in [0.4, 0.5) is 4.39 Å². The van der Waals surface area contributed by atoms with Crippen LogP contribution in [-0.4, -0.2) is 19.2 Å². The largest absolute Gasteiger partial charge is 0.373 e. The first-order valence-electron chi connectivity index (χ1n) is 6.77. The van der Waals surface area contributed by atoms with Gasteiger partial charge in [-0.1, -0.05) is 26.0 Å². The van der Waals surface area contributed by atoms with Crippen LogP contribution in [0, 0.1) is 11.7 Å². The summed E-state index contributed by atoms with van der Waals surface area (Å²) < 4.78 is 18.8. The van der Waals surface area contributed by atoms with Crippen LogP contribution in [0.25, 0.3) is 0 Å². The molecule has 1 heterocycles. The fraction of sp³-hybridized carbons (Fsp3) is 0.600. The average Bonchev–Trinajstić information content (AvgIpc) is 2.38. The molecule has 1 aliphatic heterocycles. The van der Waals surface area contributed by atoms with E-state index in [9.17, 15) is 4.39 Å². The smallest absolute Gasteiger partial charge is 0.123 e. The first-order valence-corrected chi connectivity index (χ1v) is 6.77. The highest BCUT2D eigenvalue weighted by Crippen LogP contribution is 2.33. The predicted octanol–water partition coefficient (Wildman–Crippen LogP) is 3.29. The molecular weight excluding hydrogens is 229 g/mol. The van der Waals surface area contributed by atoms with E-state index in [2.05, 4.69) is 19.2 Å². The molecule has 2 unspecified atom stereocenters. The van der Waals surface area contributed by atoms with Crippen LogP contribution in [0.2, 0.25) is 0 Å². The normalized spacial score (nSPS) is 24.4. The Kier molecular flexibility index (Phi) is 4.72. The van der Waals surface area contributed by atoms with Crippen molar-refractivity contribution in [3.63, 3.8) is 0 Å². The van der Waals surface area contributed by atoms with Crippen LogP contribution in [0.1, 0.15) is 38.4 Å². The van der Waals surface area contributed by atoms with E-state index in [0.717, 1.165) is 25.1 Å². The Morgan fingerprint density at radius 3 is 2.72 bits per heavy atom. The van der Waals surface area contributed by atoms with Gasteiger partial charge in [0.25, 0.3) is 0 Å². The monoisotopic (exact) mass is 251 g/mol. The lowest BCUT2D eigenvalue weighted by Crippen LogP contribution is -2.35. The van der Waals surface area contributed by atoms with Crippen LogP contribution in [0.3, 0.4) is 0 Å². The molecule has 2 atom stereocenters. The highest BCUT2D eigenvalue weighted by atomic mass is 19.1. The first-order chi connectivity index (χ1) is 8.66. The minimum atomic E-state index is -0.189. The minimum absolute atomic E-state index is 0.102. The molecule has 1 aromatic carbocycles. The molecular formula is C15H22FNO. The maximum atomic E-state index is 13.0. The van der Waals surface area contributed by atoms with Gasteiger partial charge in [0.15, 0.2) is 0 Å². The molecule has 0 radical (unpaired) electrons. The zero-order valence-corrected chi connectivity index (χ0v) is 11.2. The van der Waals surface area contributed by atoms with Crippen molar-refractivity contribution >= 4 is 0 Å². The number of halogens is 1. The maximum Gasteiger partial charge on any atom is 0.123 e. The third-order valence-corrected chi connectivity index (χ3v) is 3.43. The number of ether oxygens (including phenoxy) is 1. The van der Waals surface area contributed by atoms with Gasteiger partial charge in [-0.25, -0.2) is 4.39 Å². The van der Waals surface area contributed by atoms with E-state index in [1.54, 1.807) is 0 Å². The molecule has 1 fully saturated rings. The molecule has 0 amide bonds. The van der Waals surface area contributed by atoms with Crippen molar-refractivity contribution in [2.75, 3.05) is 13.2 Å². The Bertz CT molecular complexity index is 363. The molecule has 1 N–H and O–H groups in total. The summed E-state index contributed by atoms with van der Waals surface area (Å²) in [5.74, 6) is 0.290. The molecule has 100 valence electrons. The molecule has 1 aromatic rings. The SMILES string of the molecule is CC(C)NCC1CCCOC1c1ccc(F)cc1. The molecule has 0 aliphatic carbocycles. The van der Waals surface area contributed by atoms with Gasteiger partial charge in [-0.15, -0.1) is 0 Å². The lowest BCUT2D eigenvalue weighted by atomic mass is 9.89. The van der Waals surface area contributed by atoms with Gasteiger partial charge in [-0.2, -0.15) is 0 Å². The second-order valence-electron chi connectivity index (χ2n) is 5.31. The zero-order valence-electron chi connectivity index (χ0n) is 11.2. The Labute approximate surface area is 109 Å². The first kappa shape index (κ1) is 13.5. The van der Waals surface area contributed by atoms with E-state index in [1.165, 1.54) is 18.6 Å². The Balaban J connectivity index is 2.05. The summed E-state index contributed by atoms with van der Waals surface area (Å²) in [5.41, 5.74) is 1.09. The molecule has 2 nitrogen and oxygen atoms in total. The van der Waals surface area contributed by atoms with E-state index in [1.807, 2.05) is 12.1 Å². The Hall–Kier alpha value is -0.930. The standard InChI is InChI=1S/C15H22FNO/c1-11(2)17-10-13-4-3-9-18-15(13)12-5-7-14(16)8-6-12/h5-8,11,13,15,17H,3-4,9-10H2,1-2H3. The molecule has 0 saturated carbocycles. The highest BCUT2D eigenvalue weighted by Gasteiger charge is 2.27. The molecule has 3 heteroatoms. The van der Waals surface area contributed by atoms with Crippen molar-refractivity contribution in [3.8, 4) is 0 Å². The molecule has 1 aliphatic rings. The molecule has 0 aromatic heterocycles. The van der Waals surface area contributed by atoms with Gasteiger partial charge >= 0.3 is 0 Å². The van der Waals surface area contributed by atoms with Gasteiger partial charge in [0.1, 0.15) is 5.82 Å². The lowest BCUT2D eigenvalue weighted by Gasteiger charge is -2.32. The van der Waals surface area contributed by atoms with E-state index >= 15 is 0 Å². The minimum Gasteiger partial charge on any atom is -0.373 e. The lowest BCUT2D eigenvalue weighted by molar-refractivity contribution is -0.0282. The number of hydrogen-bond donors (Lipinski definition) is 1. The molecule has 2 rings (SSSR count). The van der Waals surface area contributed by atoms with E-state index in [0.29, 0.717) is 12.0 Å². The number of nitrogens with one attached hydrogen (secondary N) is 1. The summed E-state index contributed by atoms with van der Waals surface area (Å²) in [7, 11) is 0. The topological polar surface area (TPSA) is 21.3 Å². The van der Waals surface area contributed by atoms with Crippen LogP contribution in [-0.2, 0) is 4.74 Å². The van der Waals surface area contributed by atoms with Gasteiger partial charge in [-0.05, 0) is 30.5 Å². The summed E-state index contributed by atoms with van der Waals surface area (Å²) in [5, 5.41) is 3.47. The van der Waals surface area contributed by atoms with Crippen LogP contribution in [0.5, 0.6) is 0 Å². The second kappa shape index (κ2) is 6.30. The summed E-state index contributed by atoms with van der Waals surface area (Å²) in [4.78, 5) is 0. The van der Waals surface area contributed by atoms with E-state index < -0.39 is 0 Å². The summed E-state index contributed by atoms with van der Waals surface area (Å²) in [6.07, 6.45) is 2.38. The Morgan fingerprint density at radius 1 is 1.33 bits per heavy atom. The second-order valence-corrected chi connectivity index (χ2v) is 5.31. The van der Waals surface area contributed by atoms with E-state index in [4.69, 9.17) is 4.74 Å². The maximum absolute atomic E-state index is 13.0. The number of rotatable bonds is 4. The van der Waals surface area contributed by atoms with Gasteiger partial charge in [-0.3, -0.25) is 0 Å². The van der Waals surface area contributed by atoms with Gasteiger partial charge in [0, 0.05) is 25.1 Å². The summed E-state index contributed by atoms with van der Waals surface area (Å²) >= 11 is 0. The molecule has 18 heavy (non-hydrogen) atoms. The fourth-order valence-electron chi connectivity index (χ4n) is 2.46. The summed E-state index contributed by atoms with van der Waals surface area (Å²) in [6, 6.07) is 7.20. The predicted molar refractivity (Wildman–Crippen MR) is 71.0 cm³/mol. The molecule has 0 spiro atoms. The molecule has 1 saturated heterocycles. The van der Waals surface area contributed by atoms with Crippen LogP contribution < -0.4 is 5.32 Å². The molecule has 0 bridgehead atoms. The number of hydrogen-bond acceptors (Lipinski definition) is 2. The van der Waals surface area contributed by atoms with Gasteiger partial charge in [0.2, 0.25) is 0 Å². The quantitative estimate of drug-likeness (QED) is 0.886. The van der Waals surface area contributed by atoms with Gasteiger partial charge in [0.05, 0.1) is 6.10 Å². The van der Waals surface area contributed by atoms with Gasteiger partial charge < -0.3 is 10.1 Å². The van der Waals surface area contributed by atoms with Crippen LogP contribution >= 0.6 is 0 Å². The zero-order chi connectivity index (χ0) is 13.0. The average molecular weight is 251 g/mol. The van der Waals surface area contributed by atoms with Crippen molar-refractivity contribution in [1.29, 1.82) is 0 Å².